The van der Waals surface area contributed by atoms with E-state index in [1.807, 2.05) is 30.3 Å². The Morgan fingerprint density at radius 1 is 1.03 bits per heavy atom. The lowest BCUT2D eigenvalue weighted by atomic mass is 10.1. The first-order valence-corrected chi connectivity index (χ1v) is 11.0. The second-order valence-electron chi connectivity index (χ2n) is 6.92. The van der Waals surface area contributed by atoms with Crippen molar-refractivity contribution in [1.29, 1.82) is 0 Å². The van der Waals surface area contributed by atoms with Crippen molar-refractivity contribution >= 4 is 40.3 Å². The minimum Gasteiger partial charge on any atom is -0.462 e. The number of rotatable bonds is 8. The molecule has 33 heavy (non-hydrogen) atoms. The summed E-state index contributed by atoms with van der Waals surface area (Å²) in [6, 6.07) is 14.9. The average Bonchev–Trinajstić information content (AvgIpc) is 3.12. The Bertz CT molecular complexity index is 1190. The Labute approximate surface area is 194 Å². The van der Waals surface area contributed by atoms with Crippen molar-refractivity contribution in [1.82, 2.24) is 0 Å². The first-order chi connectivity index (χ1) is 15.9. The normalized spacial score (nSPS) is 10.8. The van der Waals surface area contributed by atoms with E-state index < -0.39 is 23.7 Å². The van der Waals surface area contributed by atoms with E-state index in [-0.39, 0.29) is 28.7 Å². The Kier molecular flexibility index (Phi) is 8.10. The molecular weight excluding hydrogens is 445 g/mol. The zero-order valence-corrected chi connectivity index (χ0v) is 18.9. The SMILES string of the molecule is CCOC(=O)c1c(NC(=O)/C=C/c2cccc(F)c2)sc(C(=O)OCc2ccccc2)c1C. The fourth-order valence-corrected chi connectivity index (χ4v) is 4.06. The van der Waals surface area contributed by atoms with Crippen LogP contribution in [0.5, 0.6) is 0 Å². The smallest absolute Gasteiger partial charge is 0.349 e. The number of carbonyl (C=O) groups excluding carboxylic acids is 3. The van der Waals surface area contributed by atoms with Crippen LogP contribution in [0.15, 0.2) is 60.7 Å². The predicted octanol–water partition coefficient (Wildman–Crippen LogP) is 5.38. The van der Waals surface area contributed by atoms with Gasteiger partial charge in [-0.05, 0) is 48.7 Å². The first-order valence-electron chi connectivity index (χ1n) is 10.1. The van der Waals surface area contributed by atoms with Gasteiger partial charge >= 0.3 is 11.9 Å². The number of anilines is 1. The van der Waals surface area contributed by atoms with Crippen LogP contribution < -0.4 is 5.32 Å². The van der Waals surface area contributed by atoms with Gasteiger partial charge in [0.15, 0.2) is 0 Å². The van der Waals surface area contributed by atoms with Crippen LogP contribution in [0.25, 0.3) is 6.08 Å². The summed E-state index contributed by atoms with van der Waals surface area (Å²) in [5.41, 5.74) is 1.78. The maximum atomic E-state index is 13.3. The van der Waals surface area contributed by atoms with E-state index in [1.54, 1.807) is 19.9 Å². The van der Waals surface area contributed by atoms with Gasteiger partial charge in [0.25, 0.3) is 0 Å². The molecule has 0 saturated carbocycles. The average molecular weight is 468 g/mol. The molecule has 1 N–H and O–H groups in total. The van der Waals surface area contributed by atoms with Crippen molar-refractivity contribution in [3.8, 4) is 0 Å². The van der Waals surface area contributed by atoms with Crippen LogP contribution in [-0.2, 0) is 20.9 Å². The summed E-state index contributed by atoms with van der Waals surface area (Å²) in [6.07, 6.45) is 2.66. The van der Waals surface area contributed by atoms with Gasteiger partial charge in [0.2, 0.25) is 5.91 Å². The maximum absolute atomic E-state index is 13.3. The fraction of sp³-hybridized carbons (Fsp3) is 0.160. The number of esters is 2. The van der Waals surface area contributed by atoms with Gasteiger partial charge in [0, 0.05) is 6.08 Å². The van der Waals surface area contributed by atoms with Crippen LogP contribution in [0.4, 0.5) is 9.39 Å². The summed E-state index contributed by atoms with van der Waals surface area (Å²) in [5.74, 6) is -2.23. The van der Waals surface area contributed by atoms with E-state index in [0.717, 1.165) is 16.9 Å². The molecule has 0 radical (unpaired) electrons. The Balaban J connectivity index is 1.81. The predicted molar refractivity (Wildman–Crippen MR) is 125 cm³/mol. The van der Waals surface area contributed by atoms with Gasteiger partial charge in [0.1, 0.15) is 22.3 Å². The van der Waals surface area contributed by atoms with Gasteiger partial charge in [-0.1, -0.05) is 42.5 Å². The van der Waals surface area contributed by atoms with Crippen LogP contribution >= 0.6 is 11.3 Å². The third-order valence-corrected chi connectivity index (χ3v) is 5.72. The number of halogens is 1. The Morgan fingerprint density at radius 2 is 1.79 bits per heavy atom. The molecule has 3 rings (SSSR count). The van der Waals surface area contributed by atoms with Gasteiger partial charge < -0.3 is 14.8 Å². The van der Waals surface area contributed by atoms with Crippen molar-refractivity contribution in [2.24, 2.45) is 0 Å². The van der Waals surface area contributed by atoms with Crippen LogP contribution in [0.3, 0.4) is 0 Å². The highest BCUT2D eigenvalue weighted by molar-refractivity contribution is 7.18. The van der Waals surface area contributed by atoms with Crippen molar-refractivity contribution in [2.45, 2.75) is 20.5 Å². The highest BCUT2D eigenvalue weighted by Crippen LogP contribution is 2.34. The van der Waals surface area contributed by atoms with E-state index in [4.69, 9.17) is 9.47 Å². The molecule has 1 heterocycles. The lowest BCUT2D eigenvalue weighted by molar-refractivity contribution is -0.111. The maximum Gasteiger partial charge on any atom is 0.349 e. The van der Waals surface area contributed by atoms with Gasteiger partial charge in [-0.25, -0.2) is 14.0 Å². The number of thiophene rings is 1. The third-order valence-electron chi connectivity index (χ3n) is 4.54. The molecule has 0 aliphatic rings. The standard InChI is InChI=1S/C25H22FNO5S/c1-3-31-24(29)21-16(2)22(25(30)32-15-18-8-5-4-6-9-18)33-23(21)27-20(28)13-12-17-10-7-11-19(26)14-17/h4-14H,3,15H2,1-2H3,(H,27,28)/b13-12+. The largest absolute Gasteiger partial charge is 0.462 e. The molecule has 0 spiro atoms. The number of benzene rings is 2. The second-order valence-corrected chi connectivity index (χ2v) is 7.94. The van der Waals surface area contributed by atoms with Gasteiger partial charge in [-0.15, -0.1) is 11.3 Å². The molecule has 1 amide bonds. The van der Waals surface area contributed by atoms with Gasteiger partial charge in [-0.3, -0.25) is 4.79 Å². The molecule has 6 nitrogen and oxygen atoms in total. The quantitative estimate of drug-likeness (QED) is 0.355. The van der Waals surface area contributed by atoms with E-state index in [0.29, 0.717) is 11.1 Å². The topological polar surface area (TPSA) is 81.7 Å². The zero-order chi connectivity index (χ0) is 23.8. The van der Waals surface area contributed by atoms with Crippen molar-refractivity contribution in [2.75, 3.05) is 11.9 Å². The van der Waals surface area contributed by atoms with E-state index >= 15 is 0 Å². The van der Waals surface area contributed by atoms with Crippen LogP contribution in [-0.4, -0.2) is 24.5 Å². The molecule has 0 aliphatic carbocycles. The Morgan fingerprint density at radius 3 is 2.48 bits per heavy atom. The summed E-state index contributed by atoms with van der Waals surface area (Å²) in [6.45, 7) is 3.47. The summed E-state index contributed by atoms with van der Waals surface area (Å²) in [7, 11) is 0. The molecule has 0 saturated heterocycles. The van der Waals surface area contributed by atoms with Crippen molar-refractivity contribution in [3.05, 3.63) is 93.6 Å². The highest BCUT2D eigenvalue weighted by atomic mass is 32.1. The van der Waals surface area contributed by atoms with E-state index in [9.17, 15) is 18.8 Å². The molecule has 8 heteroatoms. The monoisotopic (exact) mass is 467 g/mol. The van der Waals surface area contributed by atoms with Gasteiger partial charge in [-0.2, -0.15) is 0 Å². The van der Waals surface area contributed by atoms with Crippen molar-refractivity contribution < 1.29 is 28.2 Å². The van der Waals surface area contributed by atoms with Crippen LogP contribution in [0.2, 0.25) is 0 Å². The number of ether oxygens (including phenoxy) is 2. The van der Waals surface area contributed by atoms with E-state index in [1.165, 1.54) is 30.4 Å². The third kappa shape index (κ3) is 6.36. The number of hydrogen-bond acceptors (Lipinski definition) is 6. The Hall–Kier alpha value is -3.78. The molecule has 0 fully saturated rings. The molecule has 3 aromatic rings. The minimum atomic E-state index is -0.655. The number of carbonyl (C=O) groups is 3. The lowest BCUT2D eigenvalue weighted by Crippen LogP contribution is -2.13. The minimum absolute atomic E-state index is 0.0732. The molecule has 0 aliphatic heterocycles. The van der Waals surface area contributed by atoms with E-state index in [2.05, 4.69) is 5.32 Å². The van der Waals surface area contributed by atoms with Crippen LogP contribution in [0.1, 0.15) is 43.6 Å². The summed E-state index contributed by atoms with van der Waals surface area (Å²) in [5, 5.41) is 2.79. The summed E-state index contributed by atoms with van der Waals surface area (Å²) < 4.78 is 23.8. The lowest BCUT2D eigenvalue weighted by Gasteiger charge is -2.06. The highest BCUT2D eigenvalue weighted by Gasteiger charge is 2.27. The summed E-state index contributed by atoms with van der Waals surface area (Å²) in [4.78, 5) is 37.9. The van der Waals surface area contributed by atoms with Gasteiger partial charge in [0.05, 0.1) is 12.2 Å². The molecule has 0 atom stereocenters. The molecular formula is C25H22FNO5S. The second kappa shape index (κ2) is 11.2. The number of hydrogen-bond donors (Lipinski definition) is 1. The number of nitrogens with one attached hydrogen (secondary N) is 1. The molecule has 0 unspecified atom stereocenters. The van der Waals surface area contributed by atoms with Crippen molar-refractivity contribution in [3.63, 3.8) is 0 Å². The number of amides is 1. The molecule has 2 aromatic carbocycles. The molecule has 1 aromatic heterocycles. The molecule has 170 valence electrons. The van der Waals surface area contributed by atoms with Crippen LogP contribution in [0, 0.1) is 12.7 Å². The first kappa shape index (κ1) is 23.9. The zero-order valence-electron chi connectivity index (χ0n) is 18.1. The fourth-order valence-electron chi connectivity index (χ4n) is 2.97. The molecule has 0 bridgehead atoms. The summed E-state index contributed by atoms with van der Waals surface area (Å²) >= 11 is 0.935.